The molecule has 2 aromatic rings. The molecule has 0 aliphatic rings. The molecular weight excluding hydrogens is 305 g/mol. The van der Waals surface area contributed by atoms with Crippen molar-refractivity contribution in [3.05, 3.63) is 53.1 Å². The Bertz CT molecular complexity index is 627. The second-order valence-corrected chi connectivity index (χ2v) is 4.70. The van der Waals surface area contributed by atoms with Crippen molar-refractivity contribution in [2.24, 2.45) is 0 Å². The third-order valence-electron chi connectivity index (χ3n) is 2.78. The van der Waals surface area contributed by atoms with Gasteiger partial charge < -0.3 is 9.84 Å². The first-order valence-electron chi connectivity index (χ1n) is 6.12. The monoisotopic (exact) mass is 316 g/mol. The normalized spacial score (nSPS) is 11.5. The highest BCUT2D eigenvalue weighted by Gasteiger charge is 2.31. The molecule has 0 aliphatic carbocycles. The highest BCUT2D eigenvalue weighted by molar-refractivity contribution is 6.33. The van der Waals surface area contributed by atoms with Crippen LogP contribution in [0.3, 0.4) is 0 Å². The van der Waals surface area contributed by atoms with E-state index in [2.05, 4.69) is 0 Å². The summed E-state index contributed by atoms with van der Waals surface area (Å²) in [7, 11) is 0. The van der Waals surface area contributed by atoms with Crippen molar-refractivity contribution in [2.45, 2.75) is 6.18 Å². The van der Waals surface area contributed by atoms with Gasteiger partial charge in [0.15, 0.2) is 0 Å². The molecule has 0 unspecified atom stereocenters. The van der Waals surface area contributed by atoms with E-state index in [-0.39, 0.29) is 19.0 Å². The third kappa shape index (κ3) is 3.89. The molecule has 0 radical (unpaired) electrons. The molecule has 1 N–H and O–H groups in total. The second kappa shape index (κ2) is 6.37. The van der Waals surface area contributed by atoms with E-state index in [9.17, 15) is 13.2 Å². The van der Waals surface area contributed by atoms with E-state index in [1.807, 2.05) is 0 Å². The van der Waals surface area contributed by atoms with Crippen molar-refractivity contribution in [3.8, 4) is 16.9 Å². The number of benzene rings is 2. The van der Waals surface area contributed by atoms with Gasteiger partial charge in [-0.25, -0.2) is 0 Å². The molecule has 0 aliphatic heterocycles. The van der Waals surface area contributed by atoms with Crippen LogP contribution in [-0.2, 0) is 6.18 Å². The SMILES string of the molecule is OCCOc1cc(-c2ccccc2Cl)cc(C(F)(F)F)c1. The van der Waals surface area contributed by atoms with Crippen LogP contribution in [0.1, 0.15) is 5.56 Å². The van der Waals surface area contributed by atoms with Crippen molar-refractivity contribution < 1.29 is 23.0 Å². The Morgan fingerprint density at radius 2 is 1.81 bits per heavy atom. The van der Waals surface area contributed by atoms with Crippen molar-refractivity contribution >= 4 is 11.6 Å². The molecule has 6 heteroatoms. The first kappa shape index (κ1) is 15.7. The summed E-state index contributed by atoms with van der Waals surface area (Å²) < 4.78 is 43.9. The average Bonchev–Trinajstić information content (AvgIpc) is 2.44. The Morgan fingerprint density at radius 3 is 2.43 bits per heavy atom. The Labute approximate surface area is 124 Å². The van der Waals surface area contributed by atoms with Gasteiger partial charge in [0, 0.05) is 10.6 Å². The van der Waals surface area contributed by atoms with E-state index in [1.54, 1.807) is 24.3 Å². The molecular formula is C15H12ClF3O2. The maximum atomic E-state index is 12.9. The summed E-state index contributed by atoms with van der Waals surface area (Å²) in [4.78, 5) is 0. The molecule has 2 nitrogen and oxygen atoms in total. The van der Waals surface area contributed by atoms with Crippen LogP contribution in [0.5, 0.6) is 5.75 Å². The van der Waals surface area contributed by atoms with Crippen LogP contribution >= 0.6 is 11.6 Å². The van der Waals surface area contributed by atoms with Crippen LogP contribution in [0.2, 0.25) is 5.02 Å². The summed E-state index contributed by atoms with van der Waals surface area (Å²) in [5, 5.41) is 9.07. The van der Waals surface area contributed by atoms with Crippen molar-refractivity contribution in [1.29, 1.82) is 0 Å². The smallest absolute Gasteiger partial charge is 0.416 e. The largest absolute Gasteiger partial charge is 0.491 e. The quantitative estimate of drug-likeness (QED) is 0.906. The molecule has 0 saturated heterocycles. The molecule has 0 saturated carbocycles. The van der Waals surface area contributed by atoms with Gasteiger partial charge in [0.05, 0.1) is 12.2 Å². The Morgan fingerprint density at radius 1 is 1.10 bits per heavy atom. The number of ether oxygens (including phenoxy) is 1. The molecule has 112 valence electrons. The number of hydrogen-bond acceptors (Lipinski definition) is 2. The molecule has 21 heavy (non-hydrogen) atoms. The highest BCUT2D eigenvalue weighted by atomic mass is 35.5. The summed E-state index contributed by atoms with van der Waals surface area (Å²) in [6.07, 6.45) is -4.49. The Kier molecular flexibility index (Phi) is 4.75. The predicted octanol–water partition coefficient (Wildman–Crippen LogP) is 4.40. The lowest BCUT2D eigenvalue weighted by Crippen LogP contribution is -2.07. The van der Waals surface area contributed by atoms with E-state index in [0.29, 0.717) is 16.1 Å². The Hall–Kier alpha value is -1.72. The molecule has 2 rings (SSSR count). The summed E-state index contributed by atoms with van der Waals surface area (Å²) in [5.41, 5.74) is -0.0321. The van der Waals surface area contributed by atoms with Crippen molar-refractivity contribution in [2.75, 3.05) is 13.2 Å². The fourth-order valence-electron chi connectivity index (χ4n) is 1.86. The standard InChI is InChI=1S/C15H12ClF3O2/c16-14-4-2-1-3-13(14)10-7-11(15(17,18)19)9-12(8-10)21-6-5-20/h1-4,7-9,20H,5-6H2. The van der Waals surface area contributed by atoms with Crippen LogP contribution in [0, 0.1) is 0 Å². The topological polar surface area (TPSA) is 29.5 Å². The van der Waals surface area contributed by atoms with E-state index >= 15 is 0 Å². The van der Waals surface area contributed by atoms with Gasteiger partial charge in [-0.05, 0) is 29.8 Å². The summed E-state index contributed by atoms with van der Waals surface area (Å²) in [6.45, 7) is -0.360. The first-order valence-corrected chi connectivity index (χ1v) is 6.50. The molecule has 0 bridgehead atoms. The third-order valence-corrected chi connectivity index (χ3v) is 3.11. The maximum Gasteiger partial charge on any atom is 0.416 e. The maximum absolute atomic E-state index is 12.9. The van der Waals surface area contributed by atoms with Crippen LogP contribution in [0.4, 0.5) is 13.2 Å². The Balaban J connectivity index is 2.52. The molecule has 0 aromatic heterocycles. The van der Waals surface area contributed by atoms with Gasteiger partial charge in [0.1, 0.15) is 12.4 Å². The number of alkyl halides is 3. The fraction of sp³-hybridized carbons (Fsp3) is 0.200. The minimum atomic E-state index is -4.49. The van der Waals surface area contributed by atoms with E-state index in [0.717, 1.165) is 12.1 Å². The minimum absolute atomic E-state index is 0.0359. The van der Waals surface area contributed by atoms with Gasteiger partial charge >= 0.3 is 6.18 Å². The number of hydrogen-bond donors (Lipinski definition) is 1. The van der Waals surface area contributed by atoms with Crippen molar-refractivity contribution in [3.63, 3.8) is 0 Å². The zero-order valence-electron chi connectivity index (χ0n) is 10.8. The highest BCUT2D eigenvalue weighted by Crippen LogP contribution is 2.37. The molecule has 0 heterocycles. The summed E-state index contributed by atoms with van der Waals surface area (Å²) in [6, 6.07) is 10.0. The van der Waals surface area contributed by atoms with Gasteiger partial charge in [0.2, 0.25) is 0 Å². The second-order valence-electron chi connectivity index (χ2n) is 4.30. The first-order chi connectivity index (χ1) is 9.91. The van der Waals surface area contributed by atoms with Crippen molar-refractivity contribution in [1.82, 2.24) is 0 Å². The number of aliphatic hydroxyl groups is 1. The fourth-order valence-corrected chi connectivity index (χ4v) is 2.11. The minimum Gasteiger partial charge on any atom is -0.491 e. The zero-order chi connectivity index (χ0) is 15.5. The van der Waals surface area contributed by atoms with Gasteiger partial charge in [-0.1, -0.05) is 29.8 Å². The van der Waals surface area contributed by atoms with Gasteiger partial charge in [-0.2, -0.15) is 13.2 Å². The van der Waals surface area contributed by atoms with Crippen LogP contribution < -0.4 is 4.74 Å². The predicted molar refractivity (Wildman–Crippen MR) is 74.5 cm³/mol. The lowest BCUT2D eigenvalue weighted by molar-refractivity contribution is -0.137. The number of halogens is 4. The summed E-state index contributed by atoms with van der Waals surface area (Å²) >= 11 is 6.02. The van der Waals surface area contributed by atoms with Gasteiger partial charge in [0.25, 0.3) is 0 Å². The van der Waals surface area contributed by atoms with Gasteiger partial charge in [-0.3, -0.25) is 0 Å². The molecule has 0 fully saturated rings. The van der Waals surface area contributed by atoms with E-state index < -0.39 is 11.7 Å². The van der Waals surface area contributed by atoms with Gasteiger partial charge in [-0.15, -0.1) is 0 Å². The molecule has 0 amide bonds. The number of rotatable bonds is 4. The zero-order valence-corrected chi connectivity index (χ0v) is 11.6. The lowest BCUT2D eigenvalue weighted by Gasteiger charge is -2.13. The average molecular weight is 317 g/mol. The van der Waals surface area contributed by atoms with E-state index in [4.69, 9.17) is 21.4 Å². The molecule has 0 spiro atoms. The lowest BCUT2D eigenvalue weighted by atomic mass is 10.0. The van der Waals surface area contributed by atoms with E-state index in [1.165, 1.54) is 6.07 Å². The van der Waals surface area contributed by atoms with Crippen LogP contribution in [0.25, 0.3) is 11.1 Å². The van der Waals surface area contributed by atoms with Crippen LogP contribution in [-0.4, -0.2) is 18.3 Å². The number of aliphatic hydroxyl groups excluding tert-OH is 1. The summed E-state index contributed by atoms with van der Waals surface area (Å²) in [5.74, 6) is 0.0359. The molecule has 2 aromatic carbocycles. The molecule has 0 atom stereocenters. The van der Waals surface area contributed by atoms with Crippen LogP contribution in [0.15, 0.2) is 42.5 Å².